The lowest BCUT2D eigenvalue weighted by Gasteiger charge is -2.14. The van der Waals surface area contributed by atoms with E-state index in [0.29, 0.717) is 6.42 Å². The van der Waals surface area contributed by atoms with Gasteiger partial charge in [-0.1, -0.05) is 18.2 Å². The lowest BCUT2D eigenvalue weighted by molar-refractivity contribution is 0.613. The molecule has 0 bridgehead atoms. The Morgan fingerprint density at radius 1 is 1.06 bits per heavy atom. The molecule has 94 valence electrons. The van der Waals surface area contributed by atoms with Crippen molar-refractivity contribution in [1.82, 2.24) is 0 Å². The van der Waals surface area contributed by atoms with Crippen molar-refractivity contribution >= 4 is 0 Å². The van der Waals surface area contributed by atoms with Crippen LogP contribution < -0.4 is 5.73 Å². The molecule has 0 heterocycles. The third-order valence-electron chi connectivity index (χ3n) is 3.03. The minimum atomic E-state index is -0.332. The third kappa shape index (κ3) is 2.93. The summed E-state index contributed by atoms with van der Waals surface area (Å²) < 4.78 is 26.3. The lowest BCUT2D eigenvalue weighted by Crippen LogP contribution is -2.14. The highest BCUT2D eigenvalue weighted by Crippen LogP contribution is 2.20. The molecular formula is C15H15F2N. The molecule has 1 atom stereocenters. The van der Waals surface area contributed by atoms with E-state index in [1.54, 1.807) is 18.2 Å². The second kappa shape index (κ2) is 5.27. The molecule has 0 aliphatic heterocycles. The smallest absolute Gasteiger partial charge is 0.123 e. The molecule has 2 aromatic rings. The van der Waals surface area contributed by atoms with Gasteiger partial charge in [-0.05, 0) is 54.3 Å². The summed E-state index contributed by atoms with van der Waals surface area (Å²) in [6.45, 7) is 1.91. The Bertz CT molecular complexity index is 552. The summed E-state index contributed by atoms with van der Waals surface area (Å²) >= 11 is 0. The van der Waals surface area contributed by atoms with Gasteiger partial charge >= 0.3 is 0 Å². The summed E-state index contributed by atoms with van der Waals surface area (Å²) in [5, 5.41) is 0. The Hall–Kier alpha value is -1.74. The molecule has 18 heavy (non-hydrogen) atoms. The van der Waals surface area contributed by atoms with E-state index >= 15 is 0 Å². The molecule has 3 heteroatoms. The Labute approximate surface area is 105 Å². The van der Waals surface area contributed by atoms with Crippen LogP contribution in [0.3, 0.4) is 0 Å². The van der Waals surface area contributed by atoms with Gasteiger partial charge in [0.15, 0.2) is 0 Å². The Morgan fingerprint density at radius 3 is 2.50 bits per heavy atom. The molecule has 0 radical (unpaired) electrons. The minimum absolute atomic E-state index is 0.276. The average Bonchev–Trinajstić information content (AvgIpc) is 2.34. The van der Waals surface area contributed by atoms with Crippen molar-refractivity contribution in [2.75, 3.05) is 0 Å². The number of nitrogens with two attached hydrogens (primary N) is 1. The molecule has 2 N–H and O–H groups in total. The highest BCUT2D eigenvalue weighted by Gasteiger charge is 2.10. The van der Waals surface area contributed by atoms with Crippen LogP contribution in [0.1, 0.15) is 22.7 Å². The van der Waals surface area contributed by atoms with Crippen molar-refractivity contribution in [3.63, 3.8) is 0 Å². The topological polar surface area (TPSA) is 26.0 Å². The Kier molecular flexibility index (Phi) is 3.72. The Morgan fingerprint density at radius 2 is 1.78 bits per heavy atom. The molecule has 0 saturated carbocycles. The van der Waals surface area contributed by atoms with Crippen LogP contribution in [0.4, 0.5) is 8.78 Å². The first-order valence-corrected chi connectivity index (χ1v) is 5.82. The van der Waals surface area contributed by atoms with Gasteiger partial charge in [0, 0.05) is 6.04 Å². The zero-order valence-corrected chi connectivity index (χ0v) is 10.2. The SMILES string of the molecule is Cc1ccc(F)cc1CC(N)c1cccc(F)c1. The standard InChI is InChI=1S/C15H15F2N/c1-10-5-6-14(17)8-12(10)9-15(18)11-3-2-4-13(16)7-11/h2-8,15H,9,18H2,1H3. The summed E-state index contributed by atoms with van der Waals surface area (Å²) in [6, 6.07) is 10.5. The molecule has 0 amide bonds. The van der Waals surface area contributed by atoms with Gasteiger partial charge in [-0.2, -0.15) is 0 Å². The second-order valence-electron chi connectivity index (χ2n) is 4.44. The van der Waals surface area contributed by atoms with E-state index in [4.69, 9.17) is 5.73 Å². The highest BCUT2D eigenvalue weighted by molar-refractivity contribution is 5.30. The molecule has 0 aliphatic rings. The van der Waals surface area contributed by atoms with Crippen LogP contribution in [-0.4, -0.2) is 0 Å². The van der Waals surface area contributed by atoms with Crippen molar-refractivity contribution < 1.29 is 8.78 Å². The number of rotatable bonds is 3. The van der Waals surface area contributed by atoms with Gasteiger partial charge in [-0.3, -0.25) is 0 Å². The van der Waals surface area contributed by atoms with Crippen molar-refractivity contribution in [1.29, 1.82) is 0 Å². The van der Waals surface area contributed by atoms with Gasteiger partial charge < -0.3 is 5.73 Å². The average molecular weight is 247 g/mol. The number of aryl methyl sites for hydroxylation is 1. The fourth-order valence-electron chi connectivity index (χ4n) is 1.95. The van der Waals surface area contributed by atoms with Crippen molar-refractivity contribution in [2.24, 2.45) is 5.73 Å². The van der Waals surface area contributed by atoms with Crippen LogP contribution in [-0.2, 0) is 6.42 Å². The van der Waals surface area contributed by atoms with Crippen molar-refractivity contribution in [2.45, 2.75) is 19.4 Å². The van der Waals surface area contributed by atoms with Crippen LogP contribution in [0.5, 0.6) is 0 Å². The maximum absolute atomic E-state index is 13.2. The van der Waals surface area contributed by atoms with Crippen LogP contribution in [0, 0.1) is 18.6 Å². The number of halogens is 2. The molecule has 1 nitrogen and oxygen atoms in total. The van der Waals surface area contributed by atoms with Gasteiger partial charge in [0.2, 0.25) is 0 Å². The van der Waals surface area contributed by atoms with Crippen LogP contribution >= 0.6 is 0 Å². The third-order valence-corrected chi connectivity index (χ3v) is 3.03. The van der Waals surface area contributed by atoms with Crippen molar-refractivity contribution in [3.8, 4) is 0 Å². The number of hydrogen-bond donors (Lipinski definition) is 1. The molecule has 2 aromatic carbocycles. The molecular weight excluding hydrogens is 232 g/mol. The maximum Gasteiger partial charge on any atom is 0.123 e. The van der Waals surface area contributed by atoms with E-state index in [1.807, 2.05) is 6.92 Å². The minimum Gasteiger partial charge on any atom is -0.324 e. The summed E-state index contributed by atoms with van der Waals surface area (Å²) in [6.07, 6.45) is 0.493. The van der Waals surface area contributed by atoms with Crippen LogP contribution in [0.15, 0.2) is 42.5 Å². The van der Waals surface area contributed by atoms with Gasteiger partial charge in [-0.15, -0.1) is 0 Å². The van der Waals surface area contributed by atoms with Gasteiger partial charge in [0.05, 0.1) is 0 Å². The first-order chi connectivity index (χ1) is 8.56. The number of benzene rings is 2. The molecule has 1 unspecified atom stereocenters. The van der Waals surface area contributed by atoms with Gasteiger partial charge in [0.25, 0.3) is 0 Å². The van der Waals surface area contributed by atoms with E-state index in [9.17, 15) is 8.78 Å². The van der Waals surface area contributed by atoms with Gasteiger partial charge in [-0.25, -0.2) is 8.78 Å². The molecule has 0 aromatic heterocycles. The van der Waals surface area contributed by atoms with E-state index in [2.05, 4.69) is 0 Å². The molecule has 0 saturated heterocycles. The van der Waals surface area contributed by atoms with E-state index in [0.717, 1.165) is 16.7 Å². The lowest BCUT2D eigenvalue weighted by atomic mass is 9.96. The molecule has 0 spiro atoms. The van der Waals surface area contributed by atoms with Crippen molar-refractivity contribution in [3.05, 3.63) is 70.8 Å². The second-order valence-corrected chi connectivity index (χ2v) is 4.44. The summed E-state index contributed by atoms with van der Waals surface area (Å²) in [5.74, 6) is -0.582. The predicted octanol–water partition coefficient (Wildman–Crippen LogP) is 3.52. The predicted molar refractivity (Wildman–Crippen MR) is 68.2 cm³/mol. The zero-order valence-electron chi connectivity index (χ0n) is 10.2. The van der Waals surface area contributed by atoms with Gasteiger partial charge in [0.1, 0.15) is 11.6 Å². The fourth-order valence-corrected chi connectivity index (χ4v) is 1.95. The van der Waals surface area contributed by atoms with E-state index < -0.39 is 0 Å². The normalized spacial score (nSPS) is 12.4. The number of hydrogen-bond acceptors (Lipinski definition) is 1. The molecule has 2 rings (SSSR count). The monoisotopic (exact) mass is 247 g/mol. The van der Waals surface area contributed by atoms with E-state index in [-0.39, 0.29) is 17.7 Å². The maximum atomic E-state index is 13.2. The zero-order chi connectivity index (χ0) is 13.1. The first-order valence-electron chi connectivity index (χ1n) is 5.82. The quantitative estimate of drug-likeness (QED) is 0.882. The highest BCUT2D eigenvalue weighted by atomic mass is 19.1. The van der Waals surface area contributed by atoms with E-state index in [1.165, 1.54) is 24.3 Å². The summed E-state index contributed by atoms with van der Waals surface area (Å²) in [4.78, 5) is 0. The van der Waals surface area contributed by atoms with Crippen LogP contribution in [0.25, 0.3) is 0 Å². The van der Waals surface area contributed by atoms with Crippen LogP contribution in [0.2, 0.25) is 0 Å². The summed E-state index contributed by atoms with van der Waals surface area (Å²) in [5.41, 5.74) is 8.59. The largest absolute Gasteiger partial charge is 0.324 e. The Balaban J connectivity index is 2.21. The summed E-state index contributed by atoms with van der Waals surface area (Å²) in [7, 11) is 0. The fraction of sp³-hybridized carbons (Fsp3) is 0.200. The first kappa shape index (κ1) is 12.7. The molecule has 0 aliphatic carbocycles. The molecule has 0 fully saturated rings.